The lowest BCUT2D eigenvalue weighted by molar-refractivity contribution is 0.0998. The molecule has 3 aromatic rings. The van der Waals surface area contributed by atoms with Gasteiger partial charge in [-0.15, -0.1) is 0 Å². The third-order valence-corrected chi connectivity index (χ3v) is 5.22. The molecular formula is C22H24N2O2. The number of anilines is 2. The molecule has 4 nitrogen and oxygen atoms in total. The van der Waals surface area contributed by atoms with E-state index >= 15 is 0 Å². The summed E-state index contributed by atoms with van der Waals surface area (Å²) < 4.78 is 5.92. The molecule has 1 aromatic heterocycles. The SMILES string of the molecule is Cc1c(C(=O)Nc2ccccc2N2CCCCC2)oc2c(C)cccc12. The van der Waals surface area contributed by atoms with Gasteiger partial charge in [-0.05, 0) is 50.8 Å². The number of nitrogens with zero attached hydrogens (tertiary/aromatic N) is 1. The van der Waals surface area contributed by atoms with Gasteiger partial charge in [-0.2, -0.15) is 0 Å². The molecule has 4 heteroatoms. The summed E-state index contributed by atoms with van der Waals surface area (Å²) in [6.45, 7) is 6.01. The van der Waals surface area contributed by atoms with E-state index in [-0.39, 0.29) is 5.91 Å². The van der Waals surface area contributed by atoms with Crippen molar-refractivity contribution < 1.29 is 9.21 Å². The fraction of sp³-hybridized carbons (Fsp3) is 0.318. The fourth-order valence-electron chi connectivity index (χ4n) is 3.77. The highest BCUT2D eigenvalue weighted by molar-refractivity contribution is 6.08. The number of carbonyl (C=O) groups excluding carboxylic acids is 1. The number of carbonyl (C=O) groups is 1. The molecule has 1 aliphatic rings. The van der Waals surface area contributed by atoms with E-state index in [2.05, 4.69) is 16.3 Å². The van der Waals surface area contributed by atoms with Crippen LogP contribution in [0.2, 0.25) is 0 Å². The third kappa shape index (κ3) is 2.96. The van der Waals surface area contributed by atoms with E-state index in [1.165, 1.54) is 19.3 Å². The van der Waals surface area contributed by atoms with Crippen molar-refractivity contribution in [3.05, 3.63) is 59.4 Å². The van der Waals surface area contributed by atoms with E-state index in [1.54, 1.807) is 0 Å². The number of piperidine rings is 1. The van der Waals surface area contributed by atoms with Crippen LogP contribution in [0.15, 0.2) is 46.9 Å². The molecule has 1 aliphatic heterocycles. The first-order valence-electron chi connectivity index (χ1n) is 9.29. The van der Waals surface area contributed by atoms with E-state index in [4.69, 9.17) is 4.42 Å². The van der Waals surface area contributed by atoms with Gasteiger partial charge in [0.15, 0.2) is 5.76 Å². The lowest BCUT2D eigenvalue weighted by Crippen LogP contribution is -2.30. The highest BCUT2D eigenvalue weighted by Crippen LogP contribution is 2.31. The van der Waals surface area contributed by atoms with Crippen LogP contribution in [0.5, 0.6) is 0 Å². The molecule has 0 unspecified atom stereocenters. The van der Waals surface area contributed by atoms with Gasteiger partial charge in [0.05, 0.1) is 11.4 Å². The molecule has 0 aliphatic carbocycles. The van der Waals surface area contributed by atoms with E-state index in [0.717, 1.165) is 46.6 Å². The zero-order chi connectivity index (χ0) is 18.1. The second-order valence-corrected chi connectivity index (χ2v) is 7.03. The number of hydrogen-bond acceptors (Lipinski definition) is 3. The van der Waals surface area contributed by atoms with Crippen LogP contribution in [0.1, 0.15) is 40.9 Å². The normalized spacial score (nSPS) is 14.6. The monoisotopic (exact) mass is 348 g/mol. The number of amides is 1. The topological polar surface area (TPSA) is 45.5 Å². The Bertz CT molecular complexity index is 952. The van der Waals surface area contributed by atoms with Crippen LogP contribution in [-0.4, -0.2) is 19.0 Å². The van der Waals surface area contributed by atoms with Crippen molar-refractivity contribution in [2.24, 2.45) is 0 Å². The standard InChI is InChI=1S/C22H24N2O2/c1-15-9-8-10-17-16(2)21(26-20(15)17)22(25)23-18-11-4-5-12-19(18)24-13-6-3-7-14-24/h4-5,8-12H,3,6-7,13-14H2,1-2H3,(H,23,25). The molecule has 0 atom stereocenters. The Morgan fingerprint density at radius 1 is 1.00 bits per heavy atom. The molecular weight excluding hydrogens is 324 g/mol. The smallest absolute Gasteiger partial charge is 0.291 e. The summed E-state index contributed by atoms with van der Waals surface area (Å²) in [5.41, 5.74) is 4.65. The summed E-state index contributed by atoms with van der Waals surface area (Å²) in [5, 5.41) is 4.07. The van der Waals surface area contributed by atoms with Gasteiger partial charge in [-0.1, -0.05) is 30.3 Å². The third-order valence-electron chi connectivity index (χ3n) is 5.22. The molecule has 0 radical (unpaired) electrons. The van der Waals surface area contributed by atoms with Gasteiger partial charge in [0.1, 0.15) is 5.58 Å². The maximum atomic E-state index is 12.9. The molecule has 1 N–H and O–H groups in total. The molecule has 1 amide bonds. The van der Waals surface area contributed by atoms with E-state index < -0.39 is 0 Å². The van der Waals surface area contributed by atoms with Gasteiger partial charge in [0, 0.05) is 24.0 Å². The van der Waals surface area contributed by atoms with Crippen molar-refractivity contribution in [1.82, 2.24) is 0 Å². The molecule has 0 bridgehead atoms. The molecule has 2 heterocycles. The molecule has 26 heavy (non-hydrogen) atoms. The lowest BCUT2D eigenvalue weighted by Gasteiger charge is -2.30. The predicted molar refractivity (Wildman–Crippen MR) is 106 cm³/mol. The van der Waals surface area contributed by atoms with Crippen molar-refractivity contribution >= 4 is 28.3 Å². The second-order valence-electron chi connectivity index (χ2n) is 7.03. The minimum absolute atomic E-state index is 0.192. The number of nitrogens with one attached hydrogen (secondary N) is 1. The zero-order valence-corrected chi connectivity index (χ0v) is 15.3. The van der Waals surface area contributed by atoms with Crippen LogP contribution < -0.4 is 10.2 Å². The minimum atomic E-state index is -0.192. The van der Waals surface area contributed by atoms with E-state index in [0.29, 0.717) is 5.76 Å². The Morgan fingerprint density at radius 2 is 1.77 bits per heavy atom. The Hall–Kier alpha value is -2.75. The van der Waals surface area contributed by atoms with Crippen molar-refractivity contribution in [3.63, 3.8) is 0 Å². The molecule has 1 saturated heterocycles. The highest BCUT2D eigenvalue weighted by Gasteiger charge is 2.21. The van der Waals surface area contributed by atoms with Gasteiger partial charge in [-0.3, -0.25) is 4.79 Å². The van der Waals surface area contributed by atoms with Crippen LogP contribution in [0.4, 0.5) is 11.4 Å². The van der Waals surface area contributed by atoms with Crippen LogP contribution in [-0.2, 0) is 0 Å². The first kappa shape index (κ1) is 16.7. The number of aryl methyl sites for hydroxylation is 2. The Balaban J connectivity index is 1.65. The maximum Gasteiger partial charge on any atom is 0.291 e. The Morgan fingerprint density at radius 3 is 2.54 bits per heavy atom. The Kier molecular flexibility index (Phi) is 4.41. The minimum Gasteiger partial charge on any atom is -0.450 e. The average molecular weight is 348 g/mol. The zero-order valence-electron chi connectivity index (χ0n) is 15.3. The molecule has 134 valence electrons. The average Bonchev–Trinajstić information content (AvgIpc) is 3.01. The van der Waals surface area contributed by atoms with Crippen LogP contribution in [0.25, 0.3) is 11.0 Å². The molecule has 1 fully saturated rings. The van der Waals surface area contributed by atoms with Crippen LogP contribution in [0, 0.1) is 13.8 Å². The van der Waals surface area contributed by atoms with Gasteiger partial charge in [-0.25, -0.2) is 0 Å². The summed E-state index contributed by atoms with van der Waals surface area (Å²) in [5.74, 6) is 0.199. The number of rotatable bonds is 3. The summed E-state index contributed by atoms with van der Waals surface area (Å²) in [6, 6.07) is 14.0. The number of furan rings is 1. The molecule has 4 rings (SSSR count). The second kappa shape index (κ2) is 6.87. The quantitative estimate of drug-likeness (QED) is 0.699. The maximum absolute atomic E-state index is 12.9. The first-order valence-corrected chi connectivity index (χ1v) is 9.29. The number of fused-ring (bicyclic) bond motifs is 1. The summed E-state index contributed by atoms with van der Waals surface area (Å²) in [7, 11) is 0. The van der Waals surface area contributed by atoms with E-state index in [9.17, 15) is 4.79 Å². The number of benzene rings is 2. The van der Waals surface area contributed by atoms with Gasteiger partial charge in [0.25, 0.3) is 5.91 Å². The molecule has 0 spiro atoms. The summed E-state index contributed by atoms with van der Waals surface area (Å²) >= 11 is 0. The van der Waals surface area contributed by atoms with Crippen LogP contribution >= 0.6 is 0 Å². The summed E-state index contributed by atoms with van der Waals surface area (Å²) in [4.78, 5) is 15.3. The van der Waals surface area contributed by atoms with Gasteiger partial charge in [0.2, 0.25) is 0 Å². The summed E-state index contributed by atoms with van der Waals surface area (Å²) in [6.07, 6.45) is 3.68. The predicted octanol–water partition coefficient (Wildman–Crippen LogP) is 5.29. The van der Waals surface area contributed by atoms with Gasteiger partial charge >= 0.3 is 0 Å². The van der Waals surface area contributed by atoms with Crippen molar-refractivity contribution in [2.75, 3.05) is 23.3 Å². The molecule has 0 saturated carbocycles. The van der Waals surface area contributed by atoms with Crippen molar-refractivity contribution in [3.8, 4) is 0 Å². The van der Waals surface area contributed by atoms with E-state index in [1.807, 2.05) is 50.2 Å². The highest BCUT2D eigenvalue weighted by atomic mass is 16.3. The van der Waals surface area contributed by atoms with Crippen molar-refractivity contribution in [2.45, 2.75) is 33.1 Å². The lowest BCUT2D eigenvalue weighted by atomic mass is 10.1. The largest absolute Gasteiger partial charge is 0.450 e. The molecule has 2 aromatic carbocycles. The van der Waals surface area contributed by atoms with Crippen LogP contribution in [0.3, 0.4) is 0 Å². The Labute approximate surface area is 153 Å². The first-order chi connectivity index (χ1) is 12.6. The number of hydrogen-bond donors (Lipinski definition) is 1. The van der Waals surface area contributed by atoms with Gasteiger partial charge < -0.3 is 14.6 Å². The van der Waals surface area contributed by atoms with Crippen molar-refractivity contribution in [1.29, 1.82) is 0 Å². The number of para-hydroxylation sites is 3. The fourth-order valence-corrected chi connectivity index (χ4v) is 3.77.